The fourth-order valence-corrected chi connectivity index (χ4v) is 5.09. The second-order valence-corrected chi connectivity index (χ2v) is 10.7. The summed E-state index contributed by atoms with van der Waals surface area (Å²) in [7, 11) is -1.82. The van der Waals surface area contributed by atoms with Crippen molar-refractivity contribution < 1.29 is 31.5 Å². The summed E-state index contributed by atoms with van der Waals surface area (Å²) in [5.74, 6) is -0.662. The first-order chi connectivity index (χ1) is 17.2. The first kappa shape index (κ1) is 27.7. The lowest BCUT2D eigenvalue weighted by atomic mass is 9.94. The summed E-state index contributed by atoms with van der Waals surface area (Å²) in [6.45, 7) is -1.43. The van der Waals surface area contributed by atoms with E-state index < -0.39 is 28.4 Å². The van der Waals surface area contributed by atoms with Crippen molar-refractivity contribution in [1.29, 1.82) is 5.26 Å². The van der Waals surface area contributed by atoms with Crippen LogP contribution >= 0.6 is 0 Å². The van der Waals surface area contributed by atoms with Gasteiger partial charge in [-0.05, 0) is 41.8 Å². The number of carbonyl (C=O) groups excluding carboxylic acids is 1. The molecule has 2 aromatic rings. The smallest absolute Gasteiger partial charge is 0.345 e. The van der Waals surface area contributed by atoms with Gasteiger partial charge in [-0.1, -0.05) is 31.2 Å². The number of nitrogens with zero attached hydrogens (tertiary/aromatic N) is 1. The van der Waals surface area contributed by atoms with E-state index in [4.69, 9.17) is 4.74 Å². The van der Waals surface area contributed by atoms with Gasteiger partial charge in [0.2, 0.25) is 0 Å². The van der Waals surface area contributed by atoms with Gasteiger partial charge in [-0.25, -0.2) is 8.42 Å². The van der Waals surface area contributed by atoms with E-state index in [0.717, 1.165) is 5.56 Å². The van der Waals surface area contributed by atoms with E-state index in [1.54, 1.807) is 43.3 Å². The van der Waals surface area contributed by atoms with E-state index in [-0.39, 0.29) is 41.9 Å². The van der Waals surface area contributed by atoms with Gasteiger partial charge in [0.25, 0.3) is 5.91 Å². The van der Waals surface area contributed by atoms with Gasteiger partial charge in [-0.15, -0.1) is 0 Å². The van der Waals surface area contributed by atoms with Crippen molar-refractivity contribution in [2.24, 2.45) is 5.92 Å². The van der Waals surface area contributed by atoms with E-state index in [1.165, 1.54) is 19.2 Å². The summed E-state index contributed by atoms with van der Waals surface area (Å²) in [6.07, 6.45) is 0.208. The van der Waals surface area contributed by atoms with E-state index in [0.29, 0.717) is 17.5 Å². The van der Waals surface area contributed by atoms with Crippen molar-refractivity contribution in [3.63, 3.8) is 0 Å². The van der Waals surface area contributed by atoms with Crippen molar-refractivity contribution in [3.8, 4) is 6.07 Å². The molecule has 36 heavy (non-hydrogen) atoms. The molecule has 1 fully saturated rings. The molecule has 2 N–H and O–H groups in total. The van der Waals surface area contributed by atoms with Gasteiger partial charge >= 0.3 is 6.61 Å². The molecule has 1 aliphatic rings. The molecule has 4 atom stereocenters. The number of amides is 1. The molecular formula is C25H29F2N3O5S. The molecule has 1 heterocycles. The molecule has 194 valence electrons. The number of hydrogen-bond acceptors (Lipinski definition) is 7. The Labute approximate surface area is 209 Å². The summed E-state index contributed by atoms with van der Waals surface area (Å²) < 4.78 is 59.0. The van der Waals surface area contributed by atoms with Gasteiger partial charge < -0.3 is 14.8 Å². The molecule has 0 saturated carbocycles. The monoisotopic (exact) mass is 521 g/mol. The third-order valence-corrected chi connectivity index (χ3v) is 7.98. The predicted octanol–water partition coefficient (Wildman–Crippen LogP) is 3.73. The van der Waals surface area contributed by atoms with Gasteiger partial charge in [0, 0.05) is 24.6 Å². The van der Waals surface area contributed by atoms with Crippen molar-refractivity contribution in [2.75, 3.05) is 19.5 Å². The number of carbonyl (C=O) groups is 1. The quantitative estimate of drug-likeness (QED) is 0.463. The molecular weight excluding hydrogens is 492 g/mol. The van der Waals surface area contributed by atoms with Crippen LogP contribution in [0, 0.1) is 17.2 Å². The highest BCUT2D eigenvalue weighted by Crippen LogP contribution is 2.34. The molecule has 0 radical (unpaired) electrons. The Kier molecular flexibility index (Phi) is 9.50. The molecule has 0 bridgehead atoms. The molecule has 0 aliphatic carbocycles. The Hall–Kier alpha value is -2.91. The Morgan fingerprint density at radius 2 is 1.86 bits per heavy atom. The number of hydrogen-bond donors (Lipinski definition) is 2. The van der Waals surface area contributed by atoms with Gasteiger partial charge in [0.15, 0.2) is 9.84 Å². The fourth-order valence-electron chi connectivity index (χ4n) is 4.21. The first-order valence-electron chi connectivity index (χ1n) is 11.5. The predicted molar refractivity (Wildman–Crippen MR) is 128 cm³/mol. The molecule has 1 unspecified atom stereocenters. The molecule has 2 aromatic carbocycles. The maximum Gasteiger partial charge on any atom is 0.345 e. The third kappa shape index (κ3) is 6.85. The highest BCUT2D eigenvalue weighted by molar-refractivity contribution is 7.91. The molecule has 0 spiro atoms. The summed E-state index contributed by atoms with van der Waals surface area (Å²) in [4.78, 5) is 13.1. The number of halogens is 2. The van der Waals surface area contributed by atoms with E-state index >= 15 is 0 Å². The second kappa shape index (κ2) is 12.4. The SMILES string of the molecule is CCS(=O)(=O)c1ccc([C@H](CC#N)NC(=O)c2ccc(C3N[C@@H](OC)C[C@H]3COC(F)F)cc2)cc1. The van der Waals surface area contributed by atoms with Crippen molar-refractivity contribution in [2.45, 2.75) is 49.6 Å². The molecule has 8 nitrogen and oxygen atoms in total. The number of nitrogens with one attached hydrogen (secondary N) is 2. The molecule has 1 amide bonds. The Morgan fingerprint density at radius 1 is 1.19 bits per heavy atom. The fraction of sp³-hybridized carbons (Fsp3) is 0.440. The van der Waals surface area contributed by atoms with Crippen LogP contribution in [0.15, 0.2) is 53.4 Å². The summed E-state index contributed by atoms with van der Waals surface area (Å²) in [5.41, 5.74) is 1.77. The van der Waals surface area contributed by atoms with E-state index in [2.05, 4.69) is 15.4 Å². The zero-order chi connectivity index (χ0) is 26.3. The molecule has 11 heteroatoms. The zero-order valence-corrected chi connectivity index (χ0v) is 20.8. The van der Waals surface area contributed by atoms with Crippen molar-refractivity contribution >= 4 is 15.7 Å². The average molecular weight is 522 g/mol. The average Bonchev–Trinajstić information content (AvgIpc) is 3.30. The lowest BCUT2D eigenvalue weighted by Gasteiger charge is -2.20. The second-order valence-electron chi connectivity index (χ2n) is 8.44. The minimum absolute atomic E-state index is 0.0000841. The van der Waals surface area contributed by atoms with Crippen molar-refractivity contribution in [3.05, 3.63) is 65.2 Å². The van der Waals surface area contributed by atoms with Crippen LogP contribution in [-0.4, -0.2) is 46.6 Å². The standard InChI is InChI=1S/C25H29F2N3O5S/c1-3-36(32,33)20-10-8-16(9-11-20)21(12-13-28)29-24(31)18-6-4-17(5-7-18)23-19(15-35-25(26)27)14-22(30-23)34-2/h4-11,19,21-23,25,30H,3,12,14-15H2,1-2H3,(H,29,31)/t19-,21-,22-,23?/m0/s1. The highest BCUT2D eigenvalue weighted by atomic mass is 32.2. The van der Waals surface area contributed by atoms with Gasteiger partial charge in [0.1, 0.15) is 6.23 Å². The van der Waals surface area contributed by atoms with Gasteiger partial charge in [-0.3, -0.25) is 10.1 Å². The highest BCUT2D eigenvalue weighted by Gasteiger charge is 2.35. The molecule has 0 aromatic heterocycles. The molecule has 1 saturated heterocycles. The van der Waals surface area contributed by atoms with Crippen LogP contribution in [0.4, 0.5) is 8.78 Å². The lowest BCUT2D eigenvalue weighted by molar-refractivity contribution is -0.139. The van der Waals surface area contributed by atoms with E-state index in [1.807, 2.05) is 6.07 Å². The van der Waals surface area contributed by atoms with Crippen LogP contribution in [0.3, 0.4) is 0 Å². The van der Waals surface area contributed by atoms with Crippen LogP contribution < -0.4 is 10.6 Å². The number of alkyl halides is 2. The molecule has 3 rings (SSSR count). The maximum absolute atomic E-state index is 12.9. The van der Waals surface area contributed by atoms with Crippen molar-refractivity contribution in [1.82, 2.24) is 10.6 Å². The Balaban J connectivity index is 1.72. The minimum atomic E-state index is -3.36. The van der Waals surface area contributed by atoms with Crippen LogP contribution in [0.1, 0.15) is 53.3 Å². The summed E-state index contributed by atoms with van der Waals surface area (Å²) in [6, 6.07) is 14.0. The van der Waals surface area contributed by atoms with E-state index in [9.17, 15) is 27.3 Å². The topological polar surface area (TPSA) is 118 Å². The third-order valence-electron chi connectivity index (χ3n) is 6.23. The number of ether oxygens (including phenoxy) is 2. The number of rotatable bonds is 11. The van der Waals surface area contributed by atoms with Gasteiger partial charge in [0.05, 0.1) is 35.8 Å². The van der Waals surface area contributed by atoms with Crippen LogP contribution in [0.2, 0.25) is 0 Å². The molecule has 1 aliphatic heterocycles. The normalized spacial score (nSPS) is 20.7. The van der Waals surface area contributed by atoms with Crippen LogP contribution in [-0.2, 0) is 19.3 Å². The number of methoxy groups -OCH3 is 1. The number of benzene rings is 2. The first-order valence-corrected chi connectivity index (χ1v) is 13.1. The lowest BCUT2D eigenvalue weighted by Crippen LogP contribution is -2.29. The minimum Gasteiger partial charge on any atom is -0.367 e. The summed E-state index contributed by atoms with van der Waals surface area (Å²) >= 11 is 0. The Morgan fingerprint density at radius 3 is 2.42 bits per heavy atom. The van der Waals surface area contributed by atoms with Gasteiger partial charge in [-0.2, -0.15) is 14.0 Å². The Bertz CT molecular complexity index is 1170. The summed E-state index contributed by atoms with van der Waals surface area (Å²) in [5, 5.41) is 15.3. The maximum atomic E-state index is 12.9. The number of sulfone groups is 1. The van der Waals surface area contributed by atoms with Crippen LogP contribution in [0.25, 0.3) is 0 Å². The number of nitriles is 1. The zero-order valence-electron chi connectivity index (χ0n) is 20.0. The van der Waals surface area contributed by atoms with Crippen LogP contribution in [0.5, 0.6) is 0 Å². The largest absolute Gasteiger partial charge is 0.367 e.